The maximum absolute atomic E-state index is 12.9. The first kappa shape index (κ1) is 22.1. The van der Waals surface area contributed by atoms with Crippen molar-refractivity contribution in [3.8, 4) is 11.5 Å². The second kappa shape index (κ2) is 9.56. The van der Waals surface area contributed by atoms with Gasteiger partial charge in [-0.25, -0.2) is 4.98 Å². The fourth-order valence-corrected chi connectivity index (χ4v) is 4.72. The van der Waals surface area contributed by atoms with E-state index in [-0.39, 0.29) is 29.0 Å². The minimum Gasteiger partial charge on any atom is -0.435 e. The number of nitrogens with zero attached hydrogens (tertiary/aromatic N) is 2. The molecule has 1 aliphatic heterocycles. The van der Waals surface area contributed by atoms with Crippen LogP contribution in [-0.2, 0) is 4.79 Å². The van der Waals surface area contributed by atoms with Crippen molar-refractivity contribution in [2.24, 2.45) is 0 Å². The van der Waals surface area contributed by atoms with Crippen molar-refractivity contribution in [1.29, 1.82) is 0 Å². The summed E-state index contributed by atoms with van der Waals surface area (Å²) in [5.74, 6) is -0.997. The van der Waals surface area contributed by atoms with Crippen molar-refractivity contribution in [3.05, 3.63) is 59.1 Å². The fourth-order valence-electron chi connectivity index (χ4n) is 3.60. The first-order valence-electron chi connectivity index (χ1n) is 9.78. The molecule has 1 fully saturated rings. The number of likely N-dealkylation sites (tertiary alicyclic amines) is 1. The van der Waals surface area contributed by atoms with Gasteiger partial charge in [-0.1, -0.05) is 12.1 Å². The Morgan fingerprint density at radius 1 is 1.12 bits per heavy atom. The lowest BCUT2D eigenvalue weighted by molar-refractivity contribution is -0.126. The topological polar surface area (TPSA) is 51.7 Å². The van der Waals surface area contributed by atoms with Crippen LogP contribution in [0.4, 0.5) is 17.6 Å². The van der Waals surface area contributed by atoms with E-state index in [1.54, 1.807) is 4.90 Å². The van der Waals surface area contributed by atoms with Crippen molar-refractivity contribution in [1.82, 2.24) is 9.88 Å². The van der Waals surface area contributed by atoms with Crippen LogP contribution < -0.4 is 9.47 Å². The molecule has 0 aliphatic carbocycles. The van der Waals surface area contributed by atoms with E-state index in [4.69, 9.17) is 0 Å². The number of halogens is 4. The highest BCUT2D eigenvalue weighted by atomic mass is 32.1. The number of carbonyl (C=O) groups is 1. The molecule has 1 amide bonds. The summed E-state index contributed by atoms with van der Waals surface area (Å²) in [7, 11) is 0. The van der Waals surface area contributed by atoms with E-state index in [0.717, 1.165) is 34.1 Å². The maximum atomic E-state index is 12.9. The molecule has 1 aromatic heterocycles. The molecule has 32 heavy (non-hydrogen) atoms. The first-order valence-corrected chi connectivity index (χ1v) is 10.6. The number of aromatic nitrogens is 1. The predicted octanol–water partition coefficient (Wildman–Crippen LogP) is 5.88. The molecule has 0 radical (unpaired) electrons. The SMILES string of the molecule is O=C(C=Cc1ccc(OC(F)F)cc1OC(F)F)N1CCCC1c1nc2ccccc2s1. The normalized spacial score (nSPS) is 16.6. The van der Waals surface area contributed by atoms with Crippen molar-refractivity contribution < 1.29 is 31.8 Å². The number of thiazole rings is 1. The van der Waals surface area contributed by atoms with Gasteiger partial charge in [0.05, 0.1) is 16.3 Å². The number of para-hydroxylation sites is 1. The van der Waals surface area contributed by atoms with Crippen LogP contribution in [0.3, 0.4) is 0 Å². The Morgan fingerprint density at radius 3 is 2.66 bits per heavy atom. The molecule has 0 saturated carbocycles. The summed E-state index contributed by atoms with van der Waals surface area (Å²) < 4.78 is 60.0. The van der Waals surface area contributed by atoms with Gasteiger partial charge < -0.3 is 14.4 Å². The molecule has 1 saturated heterocycles. The lowest BCUT2D eigenvalue weighted by Crippen LogP contribution is -2.28. The number of rotatable bonds is 7. The van der Waals surface area contributed by atoms with Gasteiger partial charge in [-0.05, 0) is 43.2 Å². The number of carbonyl (C=O) groups excluding carboxylic acids is 1. The molecule has 10 heteroatoms. The van der Waals surface area contributed by atoms with Gasteiger partial charge in [-0.2, -0.15) is 17.6 Å². The molecule has 168 valence electrons. The van der Waals surface area contributed by atoms with Crippen molar-refractivity contribution >= 4 is 33.5 Å². The Hall–Kier alpha value is -3.14. The van der Waals surface area contributed by atoms with Crippen LogP contribution in [-0.4, -0.2) is 35.6 Å². The van der Waals surface area contributed by atoms with E-state index in [9.17, 15) is 22.4 Å². The molecule has 5 nitrogen and oxygen atoms in total. The Kier molecular flexibility index (Phi) is 6.59. The van der Waals surface area contributed by atoms with E-state index in [1.165, 1.54) is 35.6 Å². The zero-order valence-electron chi connectivity index (χ0n) is 16.6. The Balaban J connectivity index is 1.54. The zero-order valence-corrected chi connectivity index (χ0v) is 17.4. The van der Waals surface area contributed by atoms with Crippen LogP contribution in [0.5, 0.6) is 11.5 Å². The smallest absolute Gasteiger partial charge is 0.387 e. The Labute approximate surface area is 184 Å². The summed E-state index contributed by atoms with van der Waals surface area (Å²) in [4.78, 5) is 19.2. The average molecular weight is 466 g/mol. The summed E-state index contributed by atoms with van der Waals surface area (Å²) in [6.07, 6.45) is 4.17. The highest BCUT2D eigenvalue weighted by Crippen LogP contribution is 2.37. The van der Waals surface area contributed by atoms with E-state index in [0.29, 0.717) is 6.54 Å². The lowest BCUT2D eigenvalue weighted by Gasteiger charge is -2.21. The third-order valence-corrected chi connectivity index (χ3v) is 6.10. The standard InChI is InChI=1S/C22H18F4N2O3S/c23-21(24)30-14-9-7-13(17(12-14)31-22(25)26)8-10-19(29)28-11-3-5-16(28)20-27-15-4-1-2-6-18(15)32-20/h1-2,4,6-10,12,16,21-22H,3,5,11H2. The van der Waals surface area contributed by atoms with Crippen molar-refractivity contribution in [2.45, 2.75) is 32.1 Å². The number of alkyl halides is 4. The monoisotopic (exact) mass is 466 g/mol. The number of fused-ring (bicyclic) bond motifs is 1. The van der Waals surface area contributed by atoms with E-state index < -0.39 is 13.2 Å². The molecule has 2 heterocycles. The van der Waals surface area contributed by atoms with Crippen LogP contribution >= 0.6 is 11.3 Å². The molecule has 1 unspecified atom stereocenters. The van der Waals surface area contributed by atoms with Gasteiger partial charge in [0.2, 0.25) is 5.91 Å². The molecule has 2 aromatic carbocycles. The van der Waals surface area contributed by atoms with Crippen LogP contribution in [0.2, 0.25) is 0 Å². The predicted molar refractivity (Wildman–Crippen MR) is 112 cm³/mol. The van der Waals surface area contributed by atoms with E-state index in [1.807, 2.05) is 24.3 Å². The molecule has 0 N–H and O–H groups in total. The van der Waals surface area contributed by atoms with Crippen molar-refractivity contribution in [3.63, 3.8) is 0 Å². The largest absolute Gasteiger partial charge is 0.435 e. The minimum atomic E-state index is -3.17. The molecule has 3 aromatic rings. The third kappa shape index (κ3) is 5.01. The summed E-state index contributed by atoms with van der Waals surface area (Å²) in [5.41, 5.74) is 1.01. The summed E-state index contributed by atoms with van der Waals surface area (Å²) in [6, 6.07) is 11.0. The molecule has 4 rings (SSSR count). The number of hydrogen-bond acceptors (Lipinski definition) is 5. The summed E-state index contributed by atoms with van der Waals surface area (Å²) in [5, 5.41) is 0.848. The van der Waals surface area contributed by atoms with Gasteiger partial charge in [-0.3, -0.25) is 4.79 Å². The molecule has 1 atom stereocenters. The van der Waals surface area contributed by atoms with Crippen LogP contribution in [0, 0.1) is 0 Å². The van der Waals surface area contributed by atoms with Crippen molar-refractivity contribution in [2.75, 3.05) is 6.54 Å². The summed E-state index contributed by atoms with van der Waals surface area (Å²) >= 11 is 1.54. The highest BCUT2D eigenvalue weighted by molar-refractivity contribution is 7.18. The second-order valence-corrected chi connectivity index (χ2v) is 8.06. The van der Waals surface area contributed by atoms with Crippen LogP contribution in [0.25, 0.3) is 16.3 Å². The number of benzene rings is 2. The molecule has 0 spiro atoms. The second-order valence-electron chi connectivity index (χ2n) is 7.00. The molecule has 1 aliphatic rings. The average Bonchev–Trinajstić information content (AvgIpc) is 3.39. The zero-order chi connectivity index (χ0) is 22.7. The first-order chi connectivity index (χ1) is 15.4. The number of ether oxygens (including phenoxy) is 2. The number of hydrogen-bond donors (Lipinski definition) is 0. The van der Waals surface area contributed by atoms with Gasteiger partial charge in [0.25, 0.3) is 0 Å². The van der Waals surface area contributed by atoms with Gasteiger partial charge >= 0.3 is 13.2 Å². The molecule has 0 bridgehead atoms. The Morgan fingerprint density at radius 2 is 1.91 bits per heavy atom. The summed E-state index contributed by atoms with van der Waals surface area (Å²) in [6.45, 7) is -5.72. The molecular weight excluding hydrogens is 448 g/mol. The maximum Gasteiger partial charge on any atom is 0.387 e. The van der Waals surface area contributed by atoms with Gasteiger partial charge in [0.15, 0.2) is 0 Å². The van der Waals surface area contributed by atoms with Crippen LogP contribution in [0.1, 0.15) is 29.5 Å². The van der Waals surface area contributed by atoms with E-state index >= 15 is 0 Å². The molecular formula is C22H18F4N2O3S. The lowest BCUT2D eigenvalue weighted by atomic mass is 10.1. The quantitative estimate of drug-likeness (QED) is 0.323. The van der Waals surface area contributed by atoms with E-state index in [2.05, 4.69) is 14.5 Å². The Bertz CT molecular complexity index is 1100. The van der Waals surface area contributed by atoms with Gasteiger partial charge in [-0.15, -0.1) is 11.3 Å². The van der Waals surface area contributed by atoms with Gasteiger partial charge in [0, 0.05) is 24.3 Å². The third-order valence-electron chi connectivity index (χ3n) is 4.96. The number of amides is 1. The minimum absolute atomic E-state index is 0.135. The van der Waals surface area contributed by atoms with Crippen LogP contribution in [0.15, 0.2) is 48.5 Å². The van der Waals surface area contributed by atoms with Gasteiger partial charge in [0.1, 0.15) is 16.5 Å². The highest BCUT2D eigenvalue weighted by Gasteiger charge is 2.31. The fraction of sp³-hybridized carbons (Fsp3) is 0.273.